The van der Waals surface area contributed by atoms with E-state index in [2.05, 4.69) is 20.9 Å². The van der Waals surface area contributed by atoms with Crippen LogP contribution in [0.5, 0.6) is 0 Å². The fourth-order valence-electron chi connectivity index (χ4n) is 3.18. The van der Waals surface area contributed by atoms with Crippen LogP contribution in [0.1, 0.15) is 23.3 Å². The molecule has 1 aliphatic rings. The first-order chi connectivity index (χ1) is 11.4. The molecule has 0 radical (unpaired) electrons. The number of halogens is 1. The molecule has 3 N–H and O–H groups in total. The van der Waals surface area contributed by atoms with Gasteiger partial charge in [0.2, 0.25) is 10.0 Å². The summed E-state index contributed by atoms with van der Waals surface area (Å²) in [6.07, 6.45) is 1.48. The van der Waals surface area contributed by atoms with Crippen LogP contribution in [0.3, 0.4) is 0 Å². The van der Waals surface area contributed by atoms with E-state index in [1.54, 1.807) is 25.3 Å². The average molecular weight is 416 g/mol. The monoisotopic (exact) mass is 415 g/mol. The zero-order chi connectivity index (χ0) is 17.5. The van der Waals surface area contributed by atoms with Crippen molar-refractivity contribution >= 4 is 42.8 Å². The third-order valence-corrected chi connectivity index (χ3v) is 6.74. The molecule has 1 amide bonds. The Balaban J connectivity index is 2.21. The number of ether oxygens (including phenoxy) is 1. The van der Waals surface area contributed by atoms with Gasteiger partial charge in [0.15, 0.2) is 0 Å². The van der Waals surface area contributed by atoms with E-state index in [0.29, 0.717) is 24.1 Å². The Bertz CT molecular complexity index is 894. The number of nitrogens with two attached hydrogens (primary N) is 1. The number of aromatic nitrogens is 1. The average Bonchev–Trinajstić information content (AvgIpc) is 3.12. The van der Waals surface area contributed by atoms with E-state index in [1.807, 2.05) is 0 Å². The summed E-state index contributed by atoms with van der Waals surface area (Å²) in [6.45, 7) is 0.715. The number of sulfonamides is 1. The molecule has 0 spiro atoms. The van der Waals surface area contributed by atoms with E-state index in [4.69, 9.17) is 10.5 Å². The summed E-state index contributed by atoms with van der Waals surface area (Å²) in [7, 11) is -2.34. The van der Waals surface area contributed by atoms with Gasteiger partial charge in [0.1, 0.15) is 10.6 Å². The minimum Gasteiger partial charge on any atom is -0.383 e. The van der Waals surface area contributed by atoms with E-state index >= 15 is 0 Å². The van der Waals surface area contributed by atoms with Gasteiger partial charge in [0.05, 0.1) is 6.61 Å². The van der Waals surface area contributed by atoms with E-state index < -0.39 is 15.9 Å². The summed E-state index contributed by atoms with van der Waals surface area (Å²) in [5, 5.41) is 0.446. The van der Waals surface area contributed by atoms with Gasteiger partial charge in [0.25, 0.3) is 5.91 Å². The standard InChI is InChI=1S/C15H18BrN3O4S/c1-23-8-10-3-2-6-19(10)24(21,22)14-11-7-9(16)4-5-12(11)18-13(14)15(17)20/h4-5,7,10,18H,2-3,6,8H2,1H3,(H2,17,20)/t10-/m0/s1. The maximum Gasteiger partial charge on any atom is 0.266 e. The summed E-state index contributed by atoms with van der Waals surface area (Å²) in [5.74, 6) is -0.802. The predicted molar refractivity (Wildman–Crippen MR) is 93.3 cm³/mol. The molecule has 0 bridgehead atoms. The third kappa shape index (κ3) is 2.85. The largest absolute Gasteiger partial charge is 0.383 e. The molecule has 1 atom stereocenters. The molecule has 1 aliphatic heterocycles. The Morgan fingerprint density at radius 3 is 2.92 bits per heavy atom. The van der Waals surface area contributed by atoms with E-state index in [0.717, 1.165) is 17.3 Å². The number of amides is 1. The summed E-state index contributed by atoms with van der Waals surface area (Å²) in [4.78, 5) is 14.6. The number of carbonyl (C=O) groups excluding carboxylic acids is 1. The Morgan fingerprint density at radius 1 is 1.50 bits per heavy atom. The number of nitrogens with one attached hydrogen (secondary N) is 1. The summed E-state index contributed by atoms with van der Waals surface area (Å²) in [5.41, 5.74) is 5.87. The number of primary amides is 1. The zero-order valence-electron chi connectivity index (χ0n) is 13.1. The smallest absolute Gasteiger partial charge is 0.266 e. The Hall–Kier alpha value is -1.42. The predicted octanol–water partition coefficient (Wildman–Crippen LogP) is 1.83. The van der Waals surface area contributed by atoms with Crippen molar-refractivity contribution in [2.45, 2.75) is 23.8 Å². The minimum atomic E-state index is -3.89. The van der Waals surface area contributed by atoms with E-state index in [1.165, 1.54) is 4.31 Å². The molecule has 1 fully saturated rings. The molecular formula is C15H18BrN3O4S. The lowest BCUT2D eigenvalue weighted by Gasteiger charge is -2.23. The summed E-state index contributed by atoms with van der Waals surface area (Å²) in [6, 6.07) is 4.91. The van der Waals surface area contributed by atoms with Crippen LogP contribution in [-0.4, -0.2) is 49.9 Å². The molecule has 0 aliphatic carbocycles. The quantitative estimate of drug-likeness (QED) is 0.776. The van der Waals surface area contributed by atoms with Gasteiger partial charge in [-0.2, -0.15) is 4.31 Å². The number of benzene rings is 1. The molecule has 9 heteroatoms. The van der Waals surface area contributed by atoms with Crippen LogP contribution in [-0.2, 0) is 14.8 Å². The molecule has 130 valence electrons. The highest BCUT2D eigenvalue weighted by molar-refractivity contribution is 9.10. The number of hydrogen-bond donors (Lipinski definition) is 2. The van der Waals surface area contributed by atoms with Gasteiger partial charge in [-0.15, -0.1) is 0 Å². The Kier molecular flexibility index (Phi) is 4.69. The molecule has 1 aromatic heterocycles. The lowest BCUT2D eigenvalue weighted by Crippen LogP contribution is -2.38. The van der Waals surface area contributed by atoms with Crippen LogP contribution in [0.15, 0.2) is 27.6 Å². The maximum absolute atomic E-state index is 13.3. The molecule has 3 rings (SSSR count). The van der Waals surface area contributed by atoms with Gasteiger partial charge in [-0.25, -0.2) is 8.42 Å². The van der Waals surface area contributed by atoms with Crippen LogP contribution >= 0.6 is 15.9 Å². The zero-order valence-corrected chi connectivity index (χ0v) is 15.5. The second kappa shape index (κ2) is 6.47. The number of aromatic amines is 1. The number of hydrogen-bond acceptors (Lipinski definition) is 4. The number of methoxy groups -OCH3 is 1. The summed E-state index contributed by atoms with van der Waals surface area (Å²) < 4.78 is 33.8. The maximum atomic E-state index is 13.3. The third-order valence-electron chi connectivity index (χ3n) is 4.21. The van der Waals surface area contributed by atoms with Crippen molar-refractivity contribution in [3.63, 3.8) is 0 Å². The number of nitrogens with zero attached hydrogens (tertiary/aromatic N) is 1. The van der Waals surface area contributed by atoms with Crippen molar-refractivity contribution in [2.75, 3.05) is 20.3 Å². The van der Waals surface area contributed by atoms with Crippen molar-refractivity contribution in [3.8, 4) is 0 Å². The SMILES string of the molecule is COC[C@@H]1CCCN1S(=O)(=O)c1c(C(N)=O)[nH]c2ccc(Br)cc12. The van der Waals surface area contributed by atoms with Crippen LogP contribution in [0.4, 0.5) is 0 Å². The summed E-state index contributed by atoms with van der Waals surface area (Å²) >= 11 is 3.34. The van der Waals surface area contributed by atoms with Gasteiger partial charge in [-0.1, -0.05) is 15.9 Å². The van der Waals surface area contributed by atoms with Crippen molar-refractivity contribution in [3.05, 3.63) is 28.4 Å². The molecule has 1 saturated heterocycles. The molecule has 0 unspecified atom stereocenters. The first-order valence-corrected chi connectivity index (χ1v) is 9.71. The van der Waals surface area contributed by atoms with Gasteiger partial charge >= 0.3 is 0 Å². The topological polar surface area (TPSA) is 105 Å². The number of carbonyl (C=O) groups is 1. The first-order valence-electron chi connectivity index (χ1n) is 7.48. The Morgan fingerprint density at radius 2 is 2.25 bits per heavy atom. The van der Waals surface area contributed by atoms with Gasteiger partial charge < -0.3 is 15.5 Å². The number of fused-ring (bicyclic) bond motifs is 1. The molecular weight excluding hydrogens is 398 g/mol. The highest BCUT2D eigenvalue weighted by Gasteiger charge is 2.39. The molecule has 2 aromatic rings. The second-order valence-electron chi connectivity index (χ2n) is 5.75. The molecule has 24 heavy (non-hydrogen) atoms. The highest BCUT2D eigenvalue weighted by atomic mass is 79.9. The highest BCUT2D eigenvalue weighted by Crippen LogP contribution is 2.34. The second-order valence-corrected chi connectivity index (χ2v) is 8.49. The van der Waals surface area contributed by atoms with Crippen LogP contribution in [0.2, 0.25) is 0 Å². The van der Waals surface area contributed by atoms with Gasteiger partial charge in [-0.05, 0) is 31.0 Å². The lowest BCUT2D eigenvalue weighted by molar-refractivity contribution is 0.0993. The van der Waals surface area contributed by atoms with Crippen LogP contribution < -0.4 is 5.73 Å². The molecule has 1 aromatic carbocycles. The first kappa shape index (κ1) is 17.4. The van der Waals surface area contributed by atoms with Gasteiger partial charge in [-0.3, -0.25) is 4.79 Å². The molecule has 0 saturated carbocycles. The lowest BCUT2D eigenvalue weighted by atomic mass is 10.2. The van der Waals surface area contributed by atoms with Crippen LogP contribution in [0, 0.1) is 0 Å². The molecule has 2 heterocycles. The van der Waals surface area contributed by atoms with E-state index in [9.17, 15) is 13.2 Å². The minimum absolute atomic E-state index is 0.0608. The van der Waals surface area contributed by atoms with Crippen molar-refractivity contribution in [2.24, 2.45) is 5.73 Å². The fraction of sp³-hybridized carbons (Fsp3) is 0.400. The molecule has 7 nitrogen and oxygen atoms in total. The number of H-pyrrole nitrogens is 1. The van der Waals surface area contributed by atoms with Gasteiger partial charge in [0, 0.05) is 35.1 Å². The normalized spacial score (nSPS) is 19.2. The Labute approximate surface area is 148 Å². The van der Waals surface area contributed by atoms with Crippen molar-refractivity contribution in [1.29, 1.82) is 0 Å². The van der Waals surface area contributed by atoms with E-state index in [-0.39, 0.29) is 16.6 Å². The van der Waals surface area contributed by atoms with Crippen molar-refractivity contribution < 1.29 is 17.9 Å². The fourth-order valence-corrected chi connectivity index (χ4v) is 5.56. The van der Waals surface area contributed by atoms with Crippen LogP contribution in [0.25, 0.3) is 10.9 Å². The van der Waals surface area contributed by atoms with Crippen molar-refractivity contribution in [1.82, 2.24) is 9.29 Å². The number of rotatable bonds is 5.